The van der Waals surface area contributed by atoms with Crippen molar-refractivity contribution >= 4 is 5.96 Å². The van der Waals surface area contributed by atoms with Gasteiger partial charge in [0.25, 0.3) is 0 Å². The van der Waals surface area contributed by atoms with Gasteiger partial charge >= 0.3 is 0 Å². The molecule has 4 heteroatoms. The van der Waals surface area contributed by atoms with Gasteiger partial charge in [-0.3, -0.25) is 4.99 Å². The summed E-state index contributed by atoms with van der Waals surface area (Å²) in [7, 11) is 0. The first-order valence-electron chi connectivity index (χ1n) is 7.94. The summed E-state index contributed by atoms with van der Waals surface area (Å²) >= 11 is 0. The van der Waals surface area contributed by atoms with Crippen molar-refractivity contribution in [2.75, 3.05) is 32.8 Å². The zero-order valence-corrected chi connectivity index (χ0v) is 12.6. The molecule has 0 spiro atoms. The highest BCUT2D eigenvalue weighted by molar-refractivity contribution is 5.78. The molecule has 2 N–H and O–H groups in total. The van der Waals surface area contributed by atoms with Crippen LogP contribution in [0.1, 0.15) is 24.8 Å². The van der Waals surface area contributed by atoms with Crippen LogP contribution >= 0.6 is 0 Å². The minimum Gasteiger partial charge on any atom is -0.378 e. The molecule has 0 bridgehead atoms. The van der Waals surface area contributed by atoms with Crippen LogP contribution in [0.3, 0.4) is 0 Å². The van der Waals surface area contributed by atoms with Crippen molar-refractivity contribution in [3.63, 3.8) is 0 Å². The Labute approximate surface area is 127 Å². The van der Waals surface area contributed by atoms with Gasteiger partial charge in [0, 0.05) is 19.6 Å². The Morgan fingerprint density at radius 1 is 1.19 bits per heavy atom. The second kappa shape index (κ2) is 6.48. The molecule has 1 heterocycles. The van der Waals surface area contributed by atoms with Gasteiger partial charge in [0.05, 0.1) is 13.2 Å². The van der Waals surface area contributed by atoms with Crippen LogP contribution in [0.5, 0.6) is 0 Å². The predicted octanol–water partition coefficient (Wildman–Crippen LogP) is 2.05. The largest absolute Gasteiger partial charge is 0.378 e. The van der Waals surface area contributed by atoms with Crippen molar-refractivity contribution in [2.45, 2.75) is 25.7 Å². The van der Waals surface area contributed by atoms with Crippen LogP contribution in [-0.4, -0.2) is 43.7 Å². The van der Waals surface area contributed by atoms with E-state index in [-0.39, 0.29) is 0 Å². The molecule has 1 aromatic rings. The van der Waals surface area contributed by atoms with Crippen LogP contribution in [0.15, 0.2) is 35.3 Å². The number of morpholine rings is 1. The van der Waals surface area contributed by atoms with Gasteiger partial charge in [-0.15, -0.1) is 0 Å². The highest BCUT2D eigenvalue weighted by atomic mass is 16.5. The second-order valence-electron chi connectivity index (χ2n) is 6.29. The summed E-state index contributed by atoms with van der Waals surface area (Å²) in [5.41, 5.74) is 7.89. The maximum absolute atomic E-state index is 6.15. The molecular weight excluding hydrogens is 262 g/mol. The van der Waals surface area contributed by atoms with Gasteiger partial charge in [0.15, 0.2) is 5.96 Å². The summed E-state index contributed by atoms with van der Waals surface area (Å²) < 4.78 is 5.35. The van der Waals surface area contributed by atoms with Crippen LogP contribution in [0.25, 0.3) is 0 Å². The third-order valence-electron chi connectivity index (χ3n) is 4.75. The zero-order valence-electron chi connectivity index (χ0n) is 12.6. The summed E-state index contributed by atoms with van der Waals surface area (Å²) in [6.07, 6.45) is 4.97. The minimum atomic E-state index is 0.332. The molecule has 1 aromatic carbocycles. The molecule has 1 aliphatic heterocycles. The van der Waals surface area contributed by atoms with Gasteiger partial charge < -0.3 is 15.4 Å². The summed E-state index contributed by atoms with van der Waals surface area (Å²) in [6.45, 7) is 4.09. The maximum atomic E-state index is 6.15. The standard InChI is InChI=1S/C17H25N3O/c18-16(20-9-11-21-12-10-20)19-14-17(7-4-8-17)13-15-5-2-1-3-6-15/h1-3,5-6H,4,7-14H2,(H2,18,19). The molecular formula is C17H25N3O. The summed E-state index contributed by atoms with van der Waals surface area (Å²) in [4.78, 5) is 6.84. The van der Waals surface area contributed by atoms with E-state index < -0.39 is 0 Å². The van der Waals surface area contributed by atoms with E-state index in [1.165, 1.54) is 24.8 Å². The molecule has 0 atom stereocenters. The molecule has 3 rings (SSSR count). The van der Waals surface area contributed by atoms with E-state index in [2.05, 4.69) is 35.2 Å². The molecule has 1 saturated carbocycles. The summed E-state index contributed by atoms with van der Waals surface area (Å²) in [5.74, 6) is 0.692. The van der Waals surface area contributed by atoms with Gasteiger partial charge in [0.1, 0.15) is 0 Å². The lowest BCUT2D eigenvalue weighted by Crippen LogP contribution is -2.45. The monoisotopic (exact) mass is 287 g/mol. The molecule has 0 unspecified atom stereocenters. The molecule has 0 radical (unpaired) electrons. The van der Waals surface area contributed by atoms with Crippen molar-refractivity contribution in [2.24, 2.45) is 16.1 Å². The van der Waals surface area contributed by atoms with E-state index in [0.29, 0.717) is 11.4 Å². The van der Waals surface area contributed by atoms with E-state index in [9.17, 15) is 0 Å². The van der Waals surface area contributed by atoms with Crippen molar-refractivity contribution in [3.8, 4) is 0 Å². The second-order valence-corrected chi connectivity index (χ2v) is 6.29. The number of guanidine groups is 1. The van der Waals surface area contributed by atoms with Crippen molar-refractivity contribution < 1.29 is 4.74 Å². The molecule has 4 nitrogen and oxygen atoms in total. The highest BCUT2D eigenvalue weighted by Crippen LogP contribution is 2.44. The quantitative estimate of drug-likeness (QED) is 0.681. The Morgan fingerprint density at radius 3 is 2.52 bits per heavy atom. The number of rotatable bonds is 4. The average Bonchev–Trinajstić information content (AvgIpc) is 2.51. The zero-order chi connectivity index (χ0) is 14.5. The third kappa shape index (κ3) is 3.56. The summed E-state index contributed by atoms with van der Waals surface area (Å²) in [5, 5.41) is 0. The fourth-order valence-corrected chi connectivity index (χ4v) is 3.24. The number of ether oxygens (including phenoxy) is 1. The van der Waals surface area contributed by atoms with Gasteiger partial charge in [-0.1, -0.05) is 36.8 Å². The fourth-order valence-electron chi connectivity index (χ4n) is 3.24. The number of nitrogens with two attached hydrogens (primary N) is 1. The lowest BCUT2D eigenvalue weighted by molar-refractivity contribution is 0.0670. The lowest BCUT2D eigenvalue weighted by atomic mass is 9.65. The molecule has 21 heavy (non-hydrogen) atoms. The predicted molar refractivity (Wildman–Crippen MR) is 85.3 cm³/mol. The molecule has 1 aliphatic carbocycles. The van der Waals surface area contributed by atoms with Gasteiger partial charge in [-0.25, -0.2) is 0 Å². The van der Waals surface area contributed by atoms with E-state index in [0.717, 1.165) is 39.3 Å². The maximum Gasteiger partial charge on any atom is 0.191 e. The lowest BCUT2D eigenvalue weighted by Gasteiger charge is -2.41. The third-order valence-corrected chi connectivity index (χ3v) is 4.75. The molecule has 114 valence electrons. The molecule has 0 aromatic heterocycles. The Hall–Kier alpha value is -1.55. The van der Waals surface area contributed by atoms with Crippen LogP contribution < -0.4 is 5.73 Å². The first-order chi connectivity index (χ1) is 10.3. The van der Waals surface area contributed by atoms with Gasteiger partial charge in [-0.2, -0.15) is 0 Å². The number of benzene rings is 1. The van der Waals surface area contributed by atoms with E-state index in [1.807, 2.05) is 0 Å². The van der Waals surface area contributed by atoms with Crippen LogP contribution in [-0.2, 0) is 11.2 Å². The Balaban J connectivity index is 1.61. The number of hydrogen-bond donors (Lipinski definition) is 1. The Morgan fingerprint density at radius 2 is 1.90 bits per heavy atom. The smallest absolute Gasteiger partial charge is 0.191 e. The Kier molecular flexibility index (Phi) is 4.44. The molecule has 2 fully saturated rings. The van der Waals surface area contributed by atoms with E-state index in [4.69, 9.17) is 15.5 Å². The van der Waals surface area contributed by atoms with Gasteiger partial charge in [0.2, 0.25) is 0 Å². The van der Waals surface area contributed by atoms with E-state index >= 15 is 0 Å². The normalized spacial score (nSPS) is 21.9. The molecule has 2 aliphatic rings. The molecule has 1 saturated heterocycles. The van der Waals surface area contributed by atoms with Gasteiger partial charge in [-0.05, 0) is 30.2 Å². The minimum absolute atomic E-state index is 0.332. The number of hydrogen-bond acceptors (Lipinski definition) is 2. The SMILES string of the molecule is NC(=NCC1(Cc2ccccc2)CCC1)N1CCOCC1. The highest BCUT2D eigenvalue weighted by Gasteiger charge is 2.36. The van der Waals surface area contributed by atoms with Crippen LogP contribution in [0.2, 0.25) is 0 Å². The number of aliphatic imine (C=N–C) groups is 1. The topological polar surface area (TPSA) is 50.8 Å². The fraction of sp³-hybridized carbons (Fsp3) is 0.588. The average molecular weight is 287 g/mol. The van der Waals surface area contributed by atoms with Crippen molar-refractivity contribution in [1.29, 1.82) is 0 Å². The van der Waals surface area contributed by atoms with E-state index in [1.54, 1.807) is 0 Å². The Bertz CT molecular complexity index is 476. The molecule has 0 amide bonds. The first kappa shape index (κ1) is 14.4. The van der Waals surface area contributed by atoms with Crippen LogP contribution in [0, 0.1) is 5.41 Å². The van der Waals surface area contributed by atoms with Crippen molar-refractivity contribution in [1.82, 2.24) is 4.90 Å². The van der Waals surface area contributed by atoms with Crippen molar-refractivity contribution in [3.05, 3.63) is 35.9 Å². The number of nitrogens with zero attached hydrogens (tertiary/aromatic N) is 2. The summed E-state index contributed by atoms with van der Waals surface area (Å²) in [6, 6.07) is 10.7. The van der Waals surface area contributed by atoms with Crippen LogP contribution in [0.4, 0.5) is 0 Å². The first-order valence-corrected chi connectivity index (χ1v) is 7.94.